The van der Waals surface area contributed by atoms with Crippen molar-refractivity contribution in [2.45, 2.75) is 20.3 Å². The predicted molar refractivity (Wildman–Crippen MR) is 132 cm³/mol. The first-order valence-electron chi connectivity index (χ1n) is 10.7. The van der Waals surface area contributed by atoms with Crippen LogP contribution in [0.15, 0.2) is 54.7 Å². The fourth-order valence-corrected chi connectivity index (χ4v) is 3.59. The molecule has 6 heterocycles. The van der Waals surface area contributed by atoms with E-state index < -0.39 is 0 Å². The van der Waals surface area contributed by atoms with Gasteiger partial charge in [0.2, 0.25) is 0 Å². The third-order valence-electron chi connectivity index (χ3n) is 5.13. The number of aromatic amines is 3. The Morgan fingerprint density at radius 1 is 0.625 bits per heavy atom. The molecule has 3 N–H and O–H groups in total. The van der Waals surface area contributed by atoms with Gasteiger partial charge in [0.15, 0.2) is 0 Å². The number of rotatable bonds is 1. The number of fused-ring (bicyclic) bond motifs is 8. The van der Waals surface area contributed by atoms with Crippen LogP contribution in [0.25, 0.3) is 46.4 Å². The van der Waals surface area contributed by atoms with Crippen molar-refractivity contribution in [2.75, 3.05) is 0 Å². The van der Waals surface area contributed by atoms with E-state index in [0.29, 0.717) is 0 Å². The molecule has 2 aliphatic heterocycles. The van der Waals surface area contributed by atoms with Gasteiger partial charge in [-0.25, -0.2) is 15.0 Å². The van der Waals surface area contributed by atoms with E-state index >= 15 is 0 Å². The van der Waals surface area contributed by atoms with Gasteiger partial charge in [-0.3, -0.25) is 0 Å². The van der Waals surface area contributed by atoms with E-state index in [9.17, 15) is 0 Å². The second kappa shape index (κ2) is 8.51. The molecule has 0 aromatic carbocycles. The van der Waals surface area contributed by atoms with Crippen molar-refractivity contribution in [3.8, 4) is 0 Å². The van der Waals surface area contributed by atoms with Gasteiger partial charge < -0.3 is 15.0 Å². The highest BCUT2D eigenvalue weighted by molar-refractivity contribution is 5.77. The fraction of sp³-hybridized carbons (Fsp3) is 0.115. The van der Waals surface area contributed by atoms with E-state index in [1.807, 2.05) is 55.6 Å². The van der Waals surface area contributed by atoms with Gasteiger partial charge in [-0.2, -0.15) is 0 Å². The van der Waals surface area contributed by atoms with E-state index in [0.717, 1.165) is 62.8 Å². The number of aryl methyl sites for hydroxylation is 2. The smallest absolute Gasteiger partial charge is 0.105 e. The van der Waals surface area contributed by atoms with Crippen LogP contribution in [-0.2, 0) is 6.42 Å². The van der Waals surface area contributed by atoms with Gasteiger partial charge in [-0.1, -0.05) is 6.92 Å². The van der Waals surface area contributed by atoms with Crippen LogP contribution in [0.1, 0.15) is 41.2 Å². The van der Waals surface area contributed by atoms with Gasteiger partial charge in [0.25, 0.3) is 0 Å². The lowest BCUT2D eigenvalue weighted by molar-refractivity contribution is 0.982. The zero-order chi connectivity index (χ0) is 21.9. The lowest BCUT2D eigenvalue weighted by Crippen LogP contribution is -1.80. The fourth-order valence-electron chi connectivity index (χ4n) is 3.59. The van der Waals surface area contributed by atoms with Crippen LogP contribution >= 0.6 is 0 Å². The minimum absolute atomic E-state index is 0.915. The van der Waals surface area contributed by atoms with Crippen molar-refractivity contribution < 1.29 is 0 Å². The molecule has 6 nitrogen and oxygen atoms in total. The zero-order valence-corrected chi connectivity index (χ0v) is 18.1. The maximum absolute atomic E-state index is 4.62. The van der Waals surface area contributed by atoms with Gasteiger partial charge in [0.1, 0.15) is 5.82 Å². The summed E-state index contributed by atoms with van der Waals surface area (Å²) in [5.41, 5.74) is 9.00. The number of H-pyrrole nitrogens is 3. The summed E-state index contributed by atoms with van der Waals surface area (Å²) in [7, 11) is 0. The zero-order valence-electron chi connectivity index (χ0n) is 18.1. The quantitative estimate of drug-likeness (QED) is 0.308. The average molecular weight is 421 g/mol. The summed E-state index contributed by atoms with van der Waals surface area (Å²) in [5, 5.41) is 0. The summed E-state index contributed by atoms with van der Waals surface area (Å²) < 4.78 is 0. The maximum atomic E-state index is 4.62. The Labute approximate surface area is 185 Å². The molecule has 0 amide bonds. The number of hydrogen-bond donors (Lipinski definition) is 3. The maximum Gasteiger partial charge on any atom is 0.105 e. The lowest BCUT2D eigenvalue weighted by atomic mass is 10.3. The highest BCUT2D eigenvalue weighted by Crippen LogP contribution is 2.17. The summed E-state index contributed by atoms with van der Waals surface area (Å²) in [6, 6.07) is 16.4. The van der Waals surface area contributed by atoms with Crippen LogP contribution in [0.3, 0.4) is 0 Å². The van der Waals surface area contributed by atoms with Crippen molar-refractivity contribution in [3.05, 3.63) is 89.0 Å². The third kappa shape index (κ3) is 4.59. The first-order valence-corrected chi connectivity index (χ1v) is 10.7. The van der Waals surface area contributed by atoms with Crippen LogP contribution < -0.4 is 0 Å². The summed E-state index contributed by atoms with van der Waals surface area (Å²) in [6.07, 6.45) is 10.9. The van der Waals surface area contributed by atoms with Crippen molar-refractivity contribution in [3.63, 3.8) is 0 Å². The van der Waals surface area contributed by atoms with E-state index in [2.05, 4.69) is 67.2 Å². The molecule has 4 aromatic heterocycles. The summed E-state index contributed by atoms with van der Waals surface area (Å²) in [4.78, 5) is 23.2. The number of hydrogen-bond acceptors (Lipinski definition) is 3. The summed E-state index contributed by atoms with van der Waals surface area (Å²) in [5.74, 6) is 1.07. The Morgan fingerprint density at radius 2 is 1.09 bits per heavy atom. The first kappa shape index (κ1) is 19.8. The second-order valence-corrected chi connectivity index (χ2v) is 7.77. The summed E-state index contributed by atoms with van der Waals surface area (Å²) in [6.45, 7) is 4.09. The van der Waals surface area contributed by atoms with Crippen LogP contribution in [0.5, 0.6) is 0 Å². The Morgan fingerprint density at radius 3 is 1.50 bits per heavy atom. The van der Waals surface area contributed by atoms with Crippen LogP contribution in [0.4, 0.5) is 0 Å². The molecule has 8 bridgehead atoms. The molecule has 6 rings (SSSR count). The van der Waals surface area contributed by atoms with Crippen molar-refractivity contribution in [2.24, 2.45) is 0 Å². The first-order chi connectivity index (χ1) is 15.6. The Bertz CT molecular complexity index is 1390. The van der Waals surface area contributed by atoms with Crippen molar-refractivity contribution >= 4 is 46.4 Å². The highest BCUT2D eigenvalue weighted by Gasteiger charge is 2.02. The molecule has 0 aliphatic carbocycles. The molecule has 0 atom stereocenters. The molecular formula is C26H24N6. The molecule has 32 heavy (non-hydrogen) atoms. The molecule has 158 valence electrons. The minimum atomic E-state index is 0.915. The van der Waals surface area contributed by atoms with E-state index in [1.165, 1.54) is 0 Å². The molecule has 0 fully saturated rings. The summed E-state index contributed by atoms with van der Waals surface area (Å²) >= 11 is 0. The molecule has 4 aromatic rings. The topological polar surface area (TPSA) is 86.0 Å². The Balaban J connectivity index is 0.000000230. The molecule has 0 unspecified atom stereocenters. The molecule has 0 spiro atoms. The van der Waals surface area contributed by atoms with Crippen LogP contribution in [0.2, 0.25) is 0 Å². The molecule has 2 aliphatic rings. The van der Waals surface area contributed by atoms with Gasteiger partial charge >= 0.3 is 0 Å². The van der Waals surface area contributed by atoms with E-state index in [-0.39, 0.29) is 0 Å². The normalized spacial score (nSPS) is 11.9. The lowest BCUT2D eigenvalue weighted by Gasteiger charge is -1.86. The van der Waals surface area contributed by atoms with Crippen molar-refractivity contribution in [1.82, 2.24) is 29.9 Å². The second-order valence-electron chi connectivity index (χ2n) is 7.77. The molecular weight excluding hydrogens is 396 g/mol. The van der Waals surface area contributed by atoms with Crippen molar-refractivity contribution in [1.29, 1.82) is 0 Å². The Hall–Kier alpha value is -4.19. The number of nitrogens with zero attached hydrogens (tertiary/aromatic N) is 3. The van der Waals surface area contributed by atoms with Gasteiger partial charge in [-0.15, -0.1) is 0 Å². The third-order valence-corrected chi connectivity index (χ3v) is 5.13. The SMILES string of the molecule is C1=Cc2cc3ccc(cc4ccc(cc5nc(cc1n2)C=C5)[nH]4)[nH]3.CCc1ncc(C)[nH]1. The standard InChI is InChI=1S/C20H14N4.C6H10N2/c1-2-14-10-16-5-6-18(23-16)12-20-8-7-19(24-20)11-17-4-3-15(22-17)9-13(1)21-14;1-3-6-7-4-5(2)8-6/h1-12,21-22H;4H,3H2,1-2H3,(H,7,8). The van der Waals surface area contributed by atoms with Gasteiger partial charge in [0, 0.05) is 40.4 Å². The minimum Gasteiger partial charge on any atom is -0.355 e. The van der Waals surface area contributed by atoms with Gasteiger partial charge in [-0.05, 0) is 79.8 Å². The number of aromatic nitrogens is 6. The molecule has 6 heteroatoms. The van der Waals surface area contributed by atoms with Crippen LogP contribution in [0, 0.1) is 6.92 Å². The van der Waals surface area contributed by atoms with E-state index in [1.54, 1.807) is 0 Å². The molecule has 0 saturated carbocycles. The monoisotopic (exact) mass is 420 g/mol. The molecule has 0 radical (unpaired) electrons. The largest absolute Gasteiger partial charge is 0.355 e. The predicted octanol–water partition coefficient (Wildman–Crippen LogP) is 5.94. The number of imidazole rings is 1. The highest BCUT2D eigenvalue weighted by atomic mass is 14.9. The van der Waals surface area contributed by atoms with E-state index in [4.69, 9.17) is 0 Å². The molecule has 0 saturated heterocycles. The average Bonchev–Trinajstić information content (AvgIpc) is 3.58. The van der Waals surface area contributed by atoms with Crippen LogP contribution in [-0.4, -0.2) is 29.9 Å². The van der Waals surface area contributed by atoms with Gasteiger partial charge in [0.05, 0.1) is 22.8 Å². The Kier molecular flexibility index (Phi) is 5.25. The number of nitrogens with one attached hydrogen (secondary N) is 3.